The van der Waals surface area contributed by atoms with Gasteiger partial charge < -0.3 is 10.2 Å². The smallest absolute Gasteiger partial charge is 0.245 e. The van der Waals surface area contributed by atoms with Gasteiger partial charge in [-0.3, -0.25) is 9.59 Å². The Morgan fingerprint density at radius 1 is 1.18 bits per heavy atom. The van der Waals surface area contributed by atoms with Crippen LogP contribution in [0.4, 0.5) is 11.4 Å². The maximum absolute atomic E-state index is 13.8. The fraction of sp³-hybridized carbons (Fsp3) is 0.440. The van der Waals surface area contributed by atoms with Crippen molar-refractivity contribution in [1.29, 1.82) is 0 Å². The Balaban J connectivity index is 1.61. The normalized spacial score (nSPS) is 18.6. The standard InChI is InChI=1S/C25H30BrN3O4S/c1-4-23(30)29-12-10-18-13-20(26)14-22(24(18)29)34(32,33)28-11-6-8-19(15-28)25(31)27-21-9-5-7-16(2)17(21)3/h5,7,9,13-14,19H,4,6,8,10-12,15H2,1-3H3,(H,27,31)/t19-/m1/s1. The molecule has 7 nitrogen and oxygen atoms in total. The van der Waals surface area contributed by atoms with E-state index >= 15 is 0 Å². The van der Waals surface area contributed by atoms with E-state index in [9.17, 15) is 18.0 Å². The molecule has 0 saturated carbocycles. The summed E-state index contributed by atoms with van der Waals surface area (Å²) in [6, 6.07) is 9.21. The third kappa shape index (κ3) is 4.65. The van der Waals surface area contributed by atoms with Crippen molar-refractivity contribution in [2.75, 3.05) is 29.9 Å². The molecule has 2 aliphatic rings. The van der Waals surface area contributed by atoms with E-state index in [1.165, 1.54) is 4.31 Å². The third-order valence-electron chi connectivity index (χ3n) is 6.83. The van der Waals surface area contributed by atoms with Gasteiger partial charge in [-0.1, -0.05) is 35.0 Å². The van der Waals surface area contributed by atoms with Crippen LogP contribution < -0.4 is 10.2 Å². The largest absolute Gasteiger partial charge is 0.326 e. The van der Waals surface area contributed by atoms with Gasteiger partial charge in [-0.2, -0.15) is 4.31 Å². The summed E-state index contributed by atoms with van der Waals surface area (Å²) in [7, 11) is -3.91. The molecular formula is C25H30BrN3O4S. The van der Waals surface area contributed by atoms with E-state index in [0.717, 1.165) is 22.4 Å². The summed E-state index contributed by atoms with van der Waals surface area (Å²) < 4.78 is 29.7. The highest BCUT2D eigenvalue weighted by Gasteiger charge is 2.38. The van der Waals surface area contributed by atoms with Crippen LogP contribution in [-0.4, -0.2) is 44.2 Å². The fourth-order valence-electron chi connectivity index (χ4n) is 4.74. The van der Waals surface area contributed by atoms with Gasteiger partial charge >= 0.3 is 0 Å². The number of amides is 2. The molecule has 2 heterocycles. The lowest BCUT2D eigenvalue weighted by atomic mass is 9.98. The van der Waals surface area contributed by atoms with E-state index in [1.807, 2.05) is 38.1 Å². The quantitative estimate of drug-likeness (QED) is 0.600. The Hall–Kier alpha value is -2.23. The van der Waals surface area contributed by atoms with Crippen LogP contribution in [0.3, 0.4) is 0 Å². The van der Waals surface area contributed by atoms with Crippen molar-refractivity contribution in [3.63, 3.8) is 0 Å². The van der Waals surface area contributed by atoms with Crippen LogP contribution in [0.15, 0.2) is 39.7 Å². The molecule has 0 radical (unpaired) electrons. The molecule has 9 heteroatoms. The van der Waals surface area contributed by atoms with Crippen molar-refractivity contribution in [2.45, 2.75) is 51.3 Å². The number of fused-ring (bicyclic) bond motifs is 1. The van der Waals surface area contributed by atoms with E-state index in [-0.39, 0.29) is 23.3 Å². The van der Waals surface area contributed by atoms with E-state index in [4.69, 9.17) is 0 Å². The van der Waals surface area contributed by atoms with Crippen molar-refractivity contribution in [2.24, 2.45) is 5.92 Å². The highest BCUT2D eigenvalue weighted by molar-refractivity contribution is 9.10. The number of hydrogen-bond donors (Lipinski definition) is 1. The highest BCUT2D eigenvalue weighted by Crippen LogP contribution is 2.40. The average Bonchev–Trinajstić information content (AvgIpc) is 3.24. The number of sulfonamides is 1. The Morgan fingerprint density at radius 3 is 2.68 bits per heavy atom. The summed E-state index contributed by atoms with van der Waals surface area (Å²) in [5.74, 6) is -0.713. The number of piperidine rings is 1. The van der Waals surface area contributed by atoms with Gasteiger partial charge in [-0.15, -0.1) is 0 Å². The van der Waals surface area contributed by atoms with E-state index < -0.39 is 15.9 Å². The summed E-state index contributed by atoms with van der Waals surface area (Å²) in [4.78, 5) is 27.3. The predicted octanol–water partition coefficient (Wildman–Crippen LogP) is 4.40. The predicted molar refractivity (Wildman–Crippen MR) is 137 cm³/mol. The molecule has 2 aromatic rings. The van der Waals surface area contributed by atoms with Crippen molar-refractivity contribution in [3.8, 4) is 0 Å². The first-order chi connectivity index (χ1) is 16.1. The van der Waals surface area contributed by atoms with Crippen LogP contribution in [0, 0.1) is 19.8 Å². The number of carbonyl (C=O) groups is 2. The summed E-state index contributed by atoms with van der Waals surface area (Å²) in [6.07, 6.45) is 2.14. The van der Waals surface area contributed by atoms with Crippen LogP contribution in [0.25, 0.3) is 0 Å². The topological polar surface area (TPSA) is 86.8 Å². The van der Waals surface area contributed by atoms with E-state index in [2.05, 4.69) is 21.2 Å². The molecule has 34 heavy (non-hydrogen) atoms. The van der Waals surface area contributed by atoms with Crippen molar-refractivity contribution in [1.82, 2.24) is 4.31 Å². The van der Waals surface area contributed by atoms with Gasteiger partial charge in [-0.05, 0) is 68.0 Å². The lowest BCUT2D eigenvalue weighted by Gasteiger charge is -2.32. The minimum atomic E-state index is -3.91. The van der Waals surface area contributed by atoms with Crippen molar-refractivity contribution >= 4 is 49.1 Å². The molecule has 1 saturated heterocycles. The Labute approximate surface area is 209 Å². The second-order valence-corrected chi connectivity index (χ2v) is 11.8. The second-order valence-electron chi connectivity index (χ2n) is 9.00. The summed E-state index contributed by atoms with van der Waals surface area (Å²) in [5.41, 5.74) is 4.17. The van der Waals surface area contributed by atoms with Gasteiger partial charge in [0.05, 0.1) is 11.6 Å². The van der Waals surface area contributed by atoms with Crippen molar-refractivity contribution < 1.29 is 18.0 Å². The lowest BCUT2D eigenvalue weighted by molar-refractivity contribution is -0.121. The van der Waals surface area contributed by atoms with Crippen LogP contribution >= 0.6 is 15.9 Å². The molecule has 0 unspecified atom stereocenters. The summed E-state index contributed by atoms with van der Waals surface area (Å²) in [6.45, 7) is 6.66. The average molecular weight is 549 g/mol. The summed E-state index contributed by atoms with van der Waals surface area (Å²) >= 11 is 3.44. The molecular weight excluding hydrogens is 518 g/mol. The van der Waals surface area contributed by atoms with Gasteiger partial charge in [0, 0.05) is 36.2 Å². The Kier molecular flexibility index (Phi) is 7.17. The van der Waals surface area contributed by atoms with Gasteiger partial charge in [0.25, 0.3) is 0 Å². The highest BCUT2D eigenvalue weighted by atomic mass is 79.9. The Morgan fingerprint density at radius 2 is 1.94 bits per heavy atom. The monoisotopic (exact) mass is 547 g/mol. The molecule has 0 bridgehead atoms. The molecule has 1 atom stereocenters. The third-order valence-corrected chi connectivity index (χ3v) is 9.17. The first-order valence-corrected chi connectivity index (χ1v) is 13.9. The molecule has 1 N–H and O–H groups in total. The van der Waals surface area contributed by atoms with Gasteiger partial charge in [-0.25, -0.2) is 8.42 Å². The number of hydrogen-bond acceptors (Lipinski definition) is 4. The number of nitrogens with zero attached hydrogens (tertiary/aromatic N) is 2. The maximum atomic E-state index is 13.8. The van der Waals surface area contributed by atoms with Crippen molar-refractivity contribution in [3.05, 3.63) is 51.5 Å². The minimum absolute atomic E-state index is 0.0954. The van der Waals surface area contributed by atoms with Crippen LogP contribution in [-0.2, 0) is 26.0 Å². The zero-order chi connectivity index (χ0) is 24.6. The minimum Gasteiger partial charge on any atom is -0.326 e. The van der Waals surface area contributed by atoms with Gasteiger partial charge in [0.15, 0.2) is 0 Å². The van der Waals surface area contributed by atoms with Crippen LogP contribution in [0.1, 0.15) is 42.9 Å². The number of nitrogens with one attached hydrogen (secondary N) is 1. The second kappa shape index (κ2) is 9.79. The number of rotatable bonds is 5. The molecule has 1 fully saturated rings. The lowest BCUT2D eigenvalue weighted by Crippen LogP contribution is -2.44. The maximum Gasteiger partial charge on any atom is 0.245 e. The Bertz CT molecular complexity index is 1240. The van der Waals surface area contributed by atoms with E-state index in [1.54, 1.807) is 17.9 Å². The fourth-order valence-corrected chi connectivity index (χ4v) is 7.18. The van der Waals surface area contributed by atoms with Crippen LogP contribution in [0.2, 0.25) is 0 Å². The molecule has 2 amide bonds. The summed E-state index contributed by atoms with van der Waals surface area (Å²) in [5, 5.41) is 2.99. The number of anilines is 2. The molecule has 2 aliphatic heterocycles. The molecule has 0 aromatic heterocycles. The van der Waals surface area contributed by atoms with E-state index in [0.29, 0.717) is 48.9 Å². The first-order valence-electron chi connectivity index (χ1n) is 11.6. The molecule has 182 valence electrons. The van der Waals surface area contributed by atoms with Gasteiger partial charge in [0.1, 0.15) is 4.90 Å². The SMILES string of the molecule is CCC(=O)N1CCc2cc(Br)cc(S(=O)(=O)N3CCC[C@@H](C(=O)Nc4cccc(C)c4C)C3)c21. The van der Waals surface area contributed by atoms with Gasteiger partial charge in [0.2, 0.25) is 21.8 Å². The number of aryl methyl sites for hydroxylation is 1. The molecule has 4 rings (SSSR count). The number of carbonyl (C=O) groups excluding carboxylic acids is 2. The number of halogens is 1. The molecule has 0 spiro atoms. The van der Waals surface area contributed by atoms with Crippen LogP contribution in [0.5, 0.6) is 0 Å². The number of benzene rings is 2. The zero-order valence-corrected chi connectivity index (χ0v) is 22.1. The zero-order valence-electron chi connectivity index (χ0n) is 19.7. The first kappa shape index (κ1) is 24.9. The molecule has 2 aromatic carbocycles. The molecule has 0 aliphatic carbocycles.